The first-order chi connectivity index (χ1) is 13.2. The molecule has 0 spiro atoms. The standard InChI is InChI=1S/C20H13Cl4FO3/c21-13-3-9(19(27)16(23)7-13)1-11-5-15(25)6-12(18(11)26)2-10-4-14(22)8-17(24)20(10)28/h3-8,26-28H,1-2H2. The van der Waals surface area contributed by atoms with Gasteiger partial charge in [0.15, 0.2) is 0 Å². The second-order valence-electron chi connectivity index (χ2n) is 6.22. The molecular weight excluding hydrogens is 449 g/mol. The van der Waals surface area contributed by atoms with E-state index < -0.39 is 5.82 Å². The summed E-state index contributed by atoms with van der Waals surface area (Å²) in [5.41, 5.74) is 1.10. The summed E-state index contributed by atoms with van der Waals surface area (Å²) >= 11 is 23.8. The highest BCUT2D eigenvalue weighted by molar-refractivity contribution is 6.36. The van der Waals surface area contributed by atoms with Crippen LogP contribution < -0.4 is 0 Å². The third kappa shape index (κ3) is 4.41. The fraction of sp³-hybridized carbons (Fsp3) is 0.100. The number of hydrogen-bond acceptors (Lipinski definition) is 3. The Kier molecular flexibility index (Phi) is 6.15. The van der Waals surface area contributed by atoms with Crippen LogP contribution in [0, 0.1) is 5.82 Å². The topological polar surface area (TPSA) is 60.7 Å². The fourth-order valence-electron chi connectivity index (χ4n) is 2.91. The molecule has 3 aromatic carbocycles. The van der Waals surface area contributed by atoms with Gasteiger partial charge in [0.05, 0.1) is 10.0 Å². The lowest BCUT2D eigenvalue weighted by atomic mass is 9.96. The van der Waals surface area contributed by atoms with Crippen molar-refractivity contribution in [1.29, 1.82) is 0 Å². The molecular formula is C20H13Cl4FO3. The lowest BCUT2D eigenvalue weighted by Crippen LogP contribution is -1.98. The van der Waals surface area contributed by atoms with Gasteiger partial charge < -0.3 is 15.3 Å². The Balaban J connectivity index is 2.02. The summed E-state index contributed by atoms with van der Waals surface area (Å²) in [5, 5.41) is 31.6. The van der Waals surface area contributed by atoms with Gasteiger partial charge in [-0.05, 0) is 36.4 Å². The Labute approximate surface area is 180 Å². The second-order valence-corrected chi connectivity index (χ2v) is 7.90. The number of aromatic hydroxyl groups is 3. The lowest BCUT2D eigenvalue weighted by Gasteiger charge is -2.14. The molecule has 3 N–H and O–H groups in total. The number of halogens is 5. The monoisotopic (exact) mass is 460 g/mol. The third-order valence-electron chi connectivity index (χ3n) is 4.21. The zero-order chi connectivity index (χ0) is 20.6. The Morgan fingerprint density at radius 1 is 0.571 bits per heavy atom. The normalized spacial score (nSPS) is 11.0. The summed E-state index contributed by atoms with van der Waals surface area (Å²) in [6.07, 6.45) is -0.0179. The Morgan fingerprint density at radius 2 is 0.929 bits per heavy atom. The van der Waals surface area contributed by atoms with Gasteiger partial charge in [-0.25, -0.2) is 4.39 Å². The second kappa shape index (κ2) is 8.26. The molecule has 0 unspecified atom stereocenters. The highest BCUT2D eigenvalue weighted by Crippen LogP contribution is 2.37. The average Bonchev–Trinajstić information content (AvgIpc) is 2.60. The summed E-state index contributed by atoms with van der Waals surface area (Å²) in [5.74, 6) is -1.18. The van der Waals surface area contributed by atoms with Crippen molar-refractivity contribution in [2.24, 2.45) is 0 Å². The van der Waals surface area contributed by atoms with Crippen LogP contribution >= 0.6 is 46.4 Å². The first-order valence-electron chi connectivity index (χ1n) is 7.99. The van der Waals surface area contributed by atoms with E-state index in [1.807, 2.05) is 0 Å². The van der Waals surface area contributed by atoms with E-state index in [0.717, 1.165) is 12.1 Å². The zero-order valence-electron chi connectivity index (χ0n) is 14.1. The number of phenols is 3. The van der Waals surface area contributed by atoms with Crippen molar-refractivity contribution >= 4 is 46.4 Å². The van der Waals surface area contributed by atoms with Crippen molar-refractivity contribution in [3.8, 4) is 17.2 Å². The molecule has 0 atom stereocenters. The molecule has 0 saturated heterocycles. The van der Waals surface area contributed by atoms with E-state index in [9.17, 15) is 19.7 Å². The maximum atomic E-state index is 14.2. The first-order valence-corrected chi connectivity index (χ1v) is 9.51. The summed E-state index contributed by atoms with van der Waals surface area (Å²) in [6, 6.07) is 8.02. The van der Waals surface area contributed by atoms with Gasteiger partial charge in [-0.3, -0.25) is 0 Å². The Hall–Kier alpha value is -1.85. The minimum Gasteiger partial charge on any atom is -0.507 e. The van der Waals surface area contributed by atoms with Gasteiger partial charge in [-0.1, -0.05) is 46.4 Å². The molecule has 28 heavy (non-hydrogen) atoms. The van der Waals surface area contributed by atoms with Crippen molar-refractivity contribution in [3.05, 3.63) is 84.6 Å². The lowest BCUT2D eigenvalue weighted by molar-refractivity contribution is 0.454. The Morgan fingerprint density at radius 3 is 1.32 bits per heavy atom. The van der Waals surface area contributed by atoms with Gasteiger partial charge in [0.25, 0.3) is 0 Å². The minimum absolute atomic E-state index is 0.00894. The van der Waals surface area contributed by atoms with Crippen molar-refractivity contribution in [3.63, 3.8) is 0 Å². The number of benzene rings is 3. The van der Waals surface area contributed by atoms with Crippen LogP contribution in [0.4, 0.5) is 4.39 Å². The van der Waals surface area contributed by atoms with E-state index in [-0.39, 0.29) is 51.3 Å². The van der Waals surface area contributed by atoms with Crippen LogP contribution in [0.15, 0.2) is 36.4 Å². The summed E-state index contributed by atoms with van der Waals surface area (Å²) < 4.78 is 14.2. The molecule has 0 fully saturated rings. The highest BCUT2D eigenvalue weighted by atomic mass is 35.5. The summed E-state index contributed by atoms with van der Waals surface area (Å²) in [7, 11) is 0. The van der Waals surface area contributed by atoms with Crippen molar-refractivity contribution in [2.75, 3.05) is 0 Å². The van der Waals surface area contributed by atoms with E-state index in [2.05, 4.69) is 0 Å². The molecule has 0 radical (unpaired) electrons. The van der Waals surface area contributed by atoms with Gasteiger partial charge in [0, 0.05) is 45.1 Å². The maximum Gasteiger partial charge on any atom is 0.137 e. The molecule has 0 aliphatic carbocycles. The van der Waals surface area contributed by atoms with Crippen LogP contribution in [0.2, 0.25) is 20.1 Å². The van der Waals surface area contributed by atoms with E-state index >= 15 is 0 Å². The molecule has 0 aliphatic rings. The molecule has 8 heteroatoms. The molecule has 0 heterocycles. The molecule has 3 aromatic rings. The Bertz CT molecular complexity index is 989. The molecule has 0 saturated carbocycles. The molecule has 146 valence electrons. The van der Waals surface area contributed by atoms with Gasteiger partial charge >= 0.3 is 0 Å². The van der Waals surface area contributed by atoms with Crippen LogP contribution in [0.3, 0.4) is 0 Å². The summed E-state index contributed by atoms with van der Waals surface area (Å²) in [6.45, 7) is 0. The third-order valence-corrected chi connectivity index (χ3v) is 5.22. The summed E-state index contributed by atoms with van der Waals surface area (Å²) in [4.78, 5) is 0. The molecule has 3 rings (SSSR count). The maximum absolute atomic E-state index is 14.2. The fourth-order valence-corrected chi connectivity index (χ4v) is 3.98. The van der Waals surface area contributed by atoms with Gasteiger partial charge in [-0.15, -0.1) is 0 Å². The number of hydrogen-bond donors (Lipinski definition) is 3. The van der Waals surface area contributed by atoms with E-state index in [1.54, 1.807) is 0 Å². The van der Waals surface area contributed by atoms with E-state index in [0.29, 0.717) is 21.2 Å². The predicted molar refractivity (Wildman–Crippen MR) is 110 cm³/mol. The van der Waals surface area contributed by atoms with Crippen molar-refractivity contribution in [1.82, 2.24) is 0 Å². The predicted octanol–water partition coefficient (Wildman–Crippen LogP) is 6.74. The van der Waals surface area contributed by atoms with E-state index in [4.69, 9.17) is 46.4 Å². The zero-order valence-corrected chi connectivity index (χ0v) is 17.1. The molecule has 0 amide bonds. The largest absolute Gasteiger partial charge is 0.507 e. The average molecular weight is 462 g/mol. The van der Waals surface area contributed by atoms with Crippen LogP contribution in [-0.4, -0.2) is 15.3 Å². The van der Waals surface area contributed by atoms with Crippen LogP contribution in [-0.2, 0) is 12.8 Å². The van der Waals surface area contributed by atoms with Crippen LogP contribution in [0.1, 0.15) is 22.3 Å². The number of rotatable bonds is 4. The van der Waals surface area contributed by atoms with Gasteiger partial charge in [-0.2, -0.15) is 0 Å². The number of phenolic OH excluding ortho intramolecular Hbond substituents is 3. The SMILES string of the molecule is Oc1c(Cl)cc(Cl)cc1Cc1cc(F)cc(Cc2cc(Cl)cc(Cl)c2O)c1O. The molecule has 0 bridgehead atoms. The van der Waals surface area contributed by atoms with Crippen LogP contribution in [0.5, 0.6) is 17.2 Å². The molecule has 0 aliphatic heterocycles. The quantitative estimate of drug-likeness (QED) is 0.403. The van der Waals surface area contributed by atoms with Gasteiger partial charge in [0.2, 0.25) is 0 Å². The molecule has 3 nitrogen and oxygen atoms in total. The minimum atomic E-state index is -0.594. The first kappa shape index (κ1) is 20.9. The molecule has 0 aromatic heterocycles. The highest BCUT2D eigenvalue weighted by Gasteiger charge is 2.17. The van der Waals surface area contributed by atoms with Crippen molar-refractivity contribution < 1.29 is 19.7 Å². The smallest absolute Gasteiger partial charge is 0.137 e. The van der Waals surface area contributed by atoms with Gasteiger partial charge in [0.1, 0.15) is 23.1 Å². The van der Waals surface area contributed by atoms with E-state index in [1.165, 1.54) is 24.3 Å². The van der Waals surface area contributed by atoms with Crippen LogP contribution in [0.25, 0.3) is 0 Å². The van der Waals surface area contributed by atoms with Crippen molar-refractivity contribution in [2.45, 2.75) is 12.8 Å².